The van der Waals surface area contributed by atoms with Gasteiger partial charge in [0.1, 0.15) is 5.25 Å². The lowest BCUT2D eigenvalue weighted by atomic mass is 10.0. The van der Waals surface area contributed by atoms with Gasteiger partial charge in [0, 0.05) is 9.92 Å². The zero-order valence-corrected chi connectivity index (χ0v) is 17.3. The number of benzene rings is 2. The van der Waals surface area contributed by atoms with E-state index in [1.807, 2.05) is 42.5 Å². The average molecular weight is 420 g/mol. The van der Waals surface area contributed by atoms with E-state index in [9.17, 15) is 14.4 Å². The van der Waals surface area contributed by atoms with Gasteiger partial charge in [-0.15, -0.1) is 11.8 Å². The number of ketones is 1. The van der Waals surface area contributed by atoms with Gasteiger partial charge in [0.25, 0.3) is 5.91 Å². The van der Waals surface area contributed by atoms with Gasteiger partial charge in [0.15, 0.2) is 12.4 Å². The Hall–Kier alpha value is -2.31. The van der Waals surface area contributed by atoms with Crippen LogP contribution in [0.15, 0.2) is 59.5 Å². The summed E-state index contributed by atoms with van der Waals surface area (Å²) in [5.41, 5.74) is 0.938. The first-order chi connectivity index (χ1) is 13.3. The van der Waals surface area contributed by atoms with Crippen molar-refractivity contribution in [2.75, 3.05) is 6.61 Å². The second-order valence-electron chi connectivity index (χ2n) is 6.24. The van der Waals surface area contributed by atoms with Gasteiger partial charge in [0.05, 0.1) is 6.04 Å². The molecule has 5 nitrogen and oxygen atoms in total. The molecule has 0 aliphatic rings. The molecule has 2 aromatic carbocycles. The highest BCUT2D eigenvalue weighted by Crippen LogP contribution is 2.25. The molecule has 0 spiro atoms. The van der Waals surface area contributed by atoms with Crippen LogP contribution in [-0.2, 0) is 25.5 Å². The number of halogens is 1. The van der Waals surface area contributed by atoms with Crippen LogP contribution in [0.3, 0.4) is 0 Å². The Morgan fingerprint density at radius 2 is 1.71 bits per heavy atom. The lowest BCUT2D eigenvalue weighted by Gasteiger charge is -2.17. The van der Waals surface area contributed by atoms with Crippen LogP contribution in [0.2, 0.25) is 5.02 Å². The number of ether oxygens (including phenoxy) is 1. The number of esters is 1. The molecule has 0 aromatic heterocycles. The molecule has 2 aromatic rings. The number of hydrogen-bond acceptors (Lipinski definition) is 5. The molecule has 0 unspecified atom stereocenters. The first kappa shape index (κ1) is 22.0. The lowest BCUT2D eigenvalue weighted by molar-refractivity contribution is -0.148. The van der Waals surface area contributed by atoms with Crippen LogP contribution < -0.4 is 5.32 Å². The zero-order chi connectivity index (χ0) is 20.5. The predicted molar refractivity (Wildman–Crippen MR) is 110 cm³/mol. The average Bonchev–Trinajstić information content (AvgIpc) is 2.68. The summed E-state index contributed by atoms with van der Waals surface area (Å²) in [5, 5.41) is 2.76. The van der Waals surface area contributed by atoms with Crippen molar-refractivity contribution in [3.8, 4) is 0 Å². The van der Waals surface area contributed by atoms with Crippen LogP contribution >= 0.6 is 23.4 Å². The molecule has 2 rings (SSSR count). The summed E-state index contributed by atoms with van der Waals surface area (Å²) in [6.45, 7) is 2.70. The molecule has 148 valence electrons. The van der Waals surface area contributed by atoms with E-state index in [-0.39, 0.29) is 5.78 Å². The summed E-state index contributed by atoms with van der Waals surface area (Å²) in [4.78, 5) is 36.9. The Kier molecular flexibility index (Phi) is 8.54. The first-order valence-electron chi connectivity index (χ1n) is 8.77. The minimum absolute atomic E-state index is 0.157. The summed E-state index contributed by atoms with van der Waals surface area (Å²) in [7, 11) is 0. The van der Waals surface area contributed by atoms with E-state index in [2.05, 4.69) is 5.32 Å². The van der Waals surface area contributed by atoms with E-state index in [4.69, 9.17) is 16.3 Å². The Labute approximate surface area is 173 Å². The summed E-state index contributed by atoms with van der Waals surface area (Å²) in [6.07, 6.45) is 0.388. The van der Waals surface area contributed by atoms with Gasteiger partial charge in [-0.2, -0.15) is 0 Å². The van der Waals surface area contributed by atoms with Crippen molar-refractivity contribution >= 4 is 41.0 Å². The van der Waals surface area contributed by atoms with Crippen LogP contribution in [0.5, 0.6) is 0 Å². The highest BCUT2D eigenvalue weighted by atomic mass is 35.5. The summed E-state index contributed by atoms with van der Waals surface area (Å²) in [5.74, 6) is -1.17. The van der Waals surface area contributed by atoms with Crippen LogP contribution in [0.1, 0.15) is 19.4 Å². The molecule has 1 amide bonds. The summed E-state index contributed by atoms with van der Waals surface area (Å²) in [6, 6.07) is 15.8. The van der Waals surface area contributed by atoms with E-state index >= 15 is 0 Å². The predicted octanol–water partition coefficient (Wildman–Crippen LogP) is 3.68. The quantitative estimate of drug-likeness (QED) is 0.495. The maximum absolute atomic E-state index is 12.1. The Bertz CT molecular complexity index is 811. The maximum Gasteiger partial charge on any atom is 0.319 e. The Morgan fingerprint density at radius 3 is 2.32 bits per heavy atom. The number of Topliss-reactive ketones (excluding diaryl/α,β-unsaturated/α-hetero) is 1. The first-order valence-corrected chi connectivity index (χ1v) is 10.0. The number of nitrogens with one attached hydrogen (secondary N) is 1. The molecule has 0 aliphatic heterocycles. The van der Waals surface area contributed by atoms with Gasteiger partial charge in [-0.25, -0.2) is 0 Å². The number of hydrogen-bond donors (Lipinski definition) is 1. The third kappa shape index (κ3) is 7.37. The van der Waals surface area contributed by atoms with Crippen LogP contribution in [0, 0.1) is 0 Å². The zero-order valence-electron chi connectivity index (χ0n) is 15.7. The van der Waals surface area contributed by atoms with Gasteiger partial charge in [-0.05, 0) is 50.1 Å². The van der Waals surface area contributed by atoms with Crippen molar-refractivity contribution in [1.29, 1.82) is 0 Å². The maximum atomic E-state index is 12.1. The van der Waals surface area contributed by atoms with Crippen molar-refractivity contribution in [2.45, 2.75) is 36.5 Å². The monoisotopic (exact) mass is 419 g/mol. The van der Waals surface area contributed by atoms with E-state index in [1.165, 1.54) is 18.7 Å². The highest BCUT2D eigenvalue weighted by molar-refractivity contribution is 8.00. The molecule has 1 N–H and O–H groups in total. The van der Waals surface area contributed by atoms with Crippen molar-refractivity contribution < 1.29 is 19.1 Å². The highest BCUT2D eigenvalue weighted by Gasteiger charge is 2.21. The topological polar surface area (TPSA) is 72.5 Å². The van der Waals surface area contributed by atoms with E-state index < -0.39 is 29.8 Å². The van der Waals surface area contributed by atoms with Crippen molar-refractivity contribution in [2.24, 2.45) is 0 Å². The van der Waals surface area contributed by atoms with Crippen molar-refractivity contribution in [3.63, 3.8) is 0 Å². The number of carbonyl (C=O) groups is 3. The minimum Gasteiger partial charge on any atom is -0.455 e. The van der Waals surface area contributed by atoms with Gasteiger partial charge in [-0.1, -0.05) is 41.9 Å². The molecule has 0 saturated heterocycles. The second kappa shape index (κ2) is 10.9. The summed E-state index contributed by atoms with van der Waals surface area (Å²) < 4.78 is 5.08. The van der Waals surface area contributed by atoms with Crippen molar-refractivity contribution in [1.82, 2.24) is 5.32 Å². The fourth-order valence-corrected chi connectivity index (χ4v) is 3.39. The van der Waals surface area contributed by atoms with Crippen LogP contribution in [0.4, 0.5) is 0 Å². The van der Waals surface area contributed by atoms with E-state index in [0.29, 0.717) is 11.4 Å². The molecular formula is C21H22ClNO4S. The van der Waals surface area contributed by atoms with Crippen LogP contribution in [0.25, 0.3) is 0 Å². The molecule has 0 bridgehead atoms. The standard InChI is InChI=1S/C21H22ClNO4S/c1-14(24)19(12-16-6-4-3-5-7-16)23-20(25)13-27-21(26)15(2)28-18-10-8-17(22)9-11-18/h3-11,15,19H,12-13H2,1-2H3,(H,23,25)/t15-,19-/m1/s1. The molecule has 28 heavy (non-hydrogen) atoms. The Morgan fingerprint density at radius 1 is 1.07 bits per heavy atom. The molecule has 7 heteroatoms. The molecule has 2 atom stereocenters. The smallest absolute Gasteiger partial charge is 0.319 e. The fourth-order valence-electron chi connectivity index (χ4n) is 2.40. The molecule has 0 aliphatic carbocycles. The number of thioether (sulfide) groups is 1. The van der Waals surface area contributed by atoms with Crippen molar-refractivity contribution in [3.05, 3.63) is 65.2 Å². The number of amides is 1. The number of carbonyl (C=O) groups excluding carboxylic acids is 3. The Balaban J connectivity index is 1.81. The molecule has 0 fully saturated rings. The van der Waals surface area contributed by atoms with Gasteiger partial charge in [0.2, 0.25) is 0 Å². The van der Waals surface area contributed by atoms with Gasteiger partial charge < -0.3 is 10.1 Å². The molecule has 0 saturated carbocycles. The second-order valence-corrected chi connectivity index (χ2v) is 8.09. The number of rotatable bonds is 9. The third-order valence-corrected chi connectivity index (χ3v) is 5.25. The molecule has 0 radical (unpaired) electrons. The third-order valence-electron chi connectivity index (χ3n) is 3.91. The van der Waals surface area contributed by atoms with E-state index in [0.717, 1.165) is 10.5 Å². The van der Waals surface area contributed by atoms with E-state index in [1.54, 1.807) is 19.1 Å². The normalized spacial score (nSPS) is 12.7. The lowest BCUT2D eigenvalue weighted by Crippen LogP contribution is -2.43. The fraction of sp³-hybridized carbons (Fsp3) is 0.286. The van der Waals surface area contributed by atoms with Crippen LogP contribution in [-0.4, -0.2) is 35.6 Å². The minimum atomic E-state index is -0.658. The largest absolute Gasteiger partial charge is 0.455 e. The SMILES string of the molecule is CC(=O)[C@@H](Cc1ccccc1)NC(=O)COC(=O)[C@@H](C)Sc1ccc(Cl)cc1. The van der Waals surface area contributed by atoms with Gasteiger partial charge >= 0.3 is 5.97 Å². The molecule has 0 heterocycles. The summed E-state index contributed by atoms with van der Waals surface area (Å²) >= 11 is 7.15. The molecular weight excluding hydrogens is 398 g/mol. The van der Waals surface area contributed by atoms with Gasteiger partial charge in [-0.3, -0.25) is 14.4 Å².